The molecule has 2 aromatic heterocycles. The van der Waals surface area contributed by atoms with E-state index in [9.17, 15) is 4.79 Å². The molecule has 0 N–H and O–H groups in total. The molecule has 0 aliphatic rings. The van der Waals surface area contributed by atoms with E-state index in [1.165, 1.54) is 16.6 Å². The maximum atomic E-state index is 12.3. The van der Waals surface area contributed by atoms with Crippen molar-refractivity contribution in [3.8, 4) is 11.4 Å². The second-order valence-electron chi connectivity index (χ2n) is 5.51. The summed E-state index contributed by atoms with van der Waals surface area (Å²) in [5, 5.41) is 9.30. The first-order valence-corrected chi connectivity index (χ1v) is 9.60. The molecule has 0 atom stereocenters. The molecule has 124 valence electrons. The first-order valence-electron chi connectivity index (χ1n) is 7.80. The fourth-order valence-corrected chi connectivity index (χ4v) is 4.19. The highest BCUT2D eigenvalue weighted by atomic mass is 32.2. The third-order valence-corrected chi connectivity index (χ3v) is 6.13. The fraction of sp³-hybridized carbons (Fsp3) is 0.278. The lowest BCUT2D eigenvalue weighted by atomic mass is 10.1. The summed E-state index contributed by atoms with van der Waals surface area (Å²) >= 11 is 3.01. The molecule has 3 aromatic rings. The number of aromatic nitrogens is 3. The van der Waals surface area contributed by atoms with E-state index in [-0.39, 0.29) is 5.78 Å². The van der Waals surface area contributed by atoms with Crippen molar-refractivity contribution in [2.45, 2.75) is 25.4 Å². The summed E-state index contributed by atoms with van der Waals surface area (Å²) in [4.78, 5) is 14.4. The number of carbonyl (C=O) groups is 1. The standard InChI is InChI=1S/C18H19N3OS2/c1-4-13-9-10-16(24-13)15(22)11-23-18-20-19-17(21(18)3)14-8-6-5-7-12(14)2/h5-10H,4,11H2,1-3H3. The molecule has 0 saturated carbocycles. The Labute approximate surface area is 149 Å². The van der Waals surface area contributed by atoms with Crippen LogP contribution in [0.4, 0.5) is 0 Å². The molecule has 6 heteroatoms. The van der Waals surface area contributed by atoms with Crippen molar-refractivity contribution < 1.29 is 4.79 Å². The molecule has 0 radical (unpaired) electrons. The lowest BCUT2D eigenvalue weighted by Crippen LogP contribution is -2.02. The third kappa shape index (κ3) is 3.44. The van der Waals surface area contributed by atoms with Gasteiger partial charge in [-0.2, -0.15) is 0 Å². The van der Waals surface area contributed by atoms with E-state index in [2.05, 4.69) is 30.1 Å². The van der Waals surface area contributed by atoms with E-state index < -0.39 is 0 Å². The SMILES string of the molecule is CCc1ccc(C(=O)CSc2nnc(-c3ccccc3C)n2C)s1. The predicted molar refractivity (Wildman–Crippen MR) is 99.9 cm³/mol. The normalized spacial score (nSPS) is 11.0. The minimum Gasteiger partial charge on any atom is -0.305 e. The molecule has 1 aromatic carbocycles. The largest absolute Gasteiger partial charge is 0.305 e. The van der Waals surface area contributed by atoms with Gasteiger partial charge in [0.25, 0.3) is 0 Å². The first kappa shape index (κ1) is 16.9. The Hall–Kier alpha value is -1.92. The van der Waals surface area contributed by atoms with Crippen LogP contribution in [0.2, 0.25) is 0 Å². The highest BCUT2D eigenvalue weighted by Gasteiger charge is 2.15. The number of nitrogens with zero attached hydrogens (tertiary/aromatic N) is 3. The first-order chi connectivity index (χ1) is 11.6. The summed E-state index contributed by atoms with van der Waals surface area (Å²) in [6, 6.07) is 12.0. The van der Waals surface area contributed by atoms with Crippen LogP contribution >= 0.6 is 23.1 Å². The van der Waals surface area contributed by atoms with Gasteiger partial charge in [-0.15, -0.1) is 21.5 Å². The van der Waals surface area contributed by atoms with Gasteiger partial charge in [0.05, 0.1) is 10.6 Å². The Morgan fingerprint density at radius 2 is 2.00 bits per heavy atom. The van der Waals surface area contributed by atoms with Crippen LogP contribution < -0.4 is 0 Å². The number of benzene rings is 1. The number of aryl methyl sites for hydroxylation is 2. The number of hydrogen-bond donors (Lipinski definition) is 0. The Morgan fingerprint density at radius 3 is 2.71 bits per heavy atom. The van der Waals surface area contributed by atoms with Crippen molar-refractivity contribution in [3.63, 3.8) is 0 Å². The number of hydrogen-bond acceptors (Lipinski definition) is 5. The minimum absolute atomic E-state index is 0.144. The van der Waals surface area contributed by atoms with Crippen LogP contribution in [0.1, 0.15) is 27.0 Å². The van der Waals surface area contributed by atoms with Gasteiger partial charge >= 0.3 is 0 Å². The summed E-state index contributed by atoms with van der Waals surface area (Å²) in [6.45, 7) is 4.16. The quantitative estimate of drug-likeness (QED) is 0.485. The van der Waals surface area contributed by atoms with E-state index in [1.54, 1.807) is 11.3 Å². The van der Waals surface area contributed by atoms with Gasteiger partial charge in [-0.05, 0) is 31.0 Å². The Morgan fingerprint density at radius 1 is 1.21 bits per heavy atom. The second kappa shape index (κ2) is 7.32. The molecule has 0 aliphatic carbocycles. The second-order valence-corrected chi connectivity index (χ2v) is 7.62. The van der Waals surface area contributed by atoms with Gasteiger partial charge in [0.2, 0.25) is 0 Å². The smallest absolute Gasteiger partial charge is 0.191 e. The molecule has 0 aliphatic heterocycles. The highest BCUT2D eigenvalue weighted by molar-refractivity contribution is 7.99. The summed E-state index contributed by atoms with van der Waals surface area (Å²) in [6.07, 6.45) is 0.966. The summed E-state index contributed by atoms with van der Waals surface area (Å²) in [5.41, 5.74) is 2.22. The molecule has 0 spiro atoms. The van der Waals surface area contributed by atoms with Crippen LogP contribution in [-0.4, -0.2) is 26.3 Å². The average Bonchev–Trinajstić information content (AvgIpc) is 3.20. The van der Waals surface area contributed by atoms with E-state index in [1.807, 2.05) is 41.9 Å². The molecule has 24 heavy (non-hydrogen) atoms. The van der Waals surface area contributed by atoms with Crippen molar-refractivity contribution in [2.24, 2.45) is 7.05 Å². The Balaban J connectivity index is 1.73. The topological polar surface area (TPSA) is 47.8 Å². The summed E-state index contributed by atoms with van der Waals surface area (Å²) in [7, 11) is 1.94. The average molecular weight is 358 g/mol. The van der Waals surface area contributed by atoms with Crippen LogP contribution in [-0.2, 0) is 13.5 Å². The Bertz CT molecular complexity index is 867. The predicted octanol–water partition coefficient (Wildman–Crippen LogP) is 4.39. The lowest BCUT2D eigenvalue weighted by Gasteiger charge is -2.05. The van der Waals surface area contributed by atoms with E-state index in [0.29, 0.717) is 5.75 Å². The molecule has 0 saturated heterocycles. The zero-order chi connectivity index (χ0) is 17.1. The van der Waals surface area contributed by atoms with Crippen molar-refractivity contribution >= 4 is 28.9 Å². The minimum atomic E-state index is 0.144. The van der Waals surface area contributed by atoms with Gasteiger partial charge in [-0.25, -0.2) is 0 Å². The number of rotatable bonds is 6. The zero-order valence-corrected chi connectivity index (χ0v) is 15.6. The molecular formula is C18H19N3OS2. The summed E-state index contributed by atoms with van der Waals surface area (Å²) < 4.78 is 1.95. The van der Waals surface area contributed by atoms with Crippen molar-refractivity contribution in [3.05, 3.63) is 51.7 Å². The van der Waals surface area contributed by atoms with Crippen molar-refractivity contribution in [1.29, 1.82) is 0 Å². The van der Waals surface area contributed by atoms with Crippen LogP contribution in [0, 0.1) is 6.92 Å². The van der Waals surface area contributed by atoms with Crippen molar-refractivity contribution in [2.75, 3.05) is 5.75 Å². The number of thiophene rings is 1. The Kier molecular flexibility index (Phi) is 5.16. The van der Waals surface area contributed by atoms with Crippen LogP contribution in [0.15, 0.2) is 41.6 Å². The molecule has 4 nitrogen and oxygen atoms in total. The van der Waals surface area contributed by atoms with Gasteiger partial charge in [-0.1, -0.05) is 43.0 Å². The van der Waals surface area contributed by atoms with Gasteiger partial charge in [-0.3, -0.25) is 4.79 Å². The summed E-state index contributed by atoms with van der Waals surface area (Å²) in [5.74, 6) is 1.35. The highest BCUT2D eigenvalue weighted by Crippen LogP contribution is 2.26. The molecule has 3 rings (SSSR count). The third-order valence-electron chi connectivity index (χ3n) is 3.84. The molecule has 2 heterocycles. The maximum Gasteiger partial charge on any atom is 0.191 e. The zero-order valence-electron chi connectivity index (χ0n) is 13.9. The number of carbonyl (C=O) groups excluding carboxylic acids is 1. The van der Waals surface area contributed by atoms with Gasteiger partial charge in [0.1, 0.15) is 0 Å². The lowest BCUT2D eigenvalue weighted by molar-refractivity contribution is 0.102. The molecule has 0 unspecified atom stereocenters. The van der Waals surface area contributed by atoms with E-state index in [0.717, 1.165) is 33.4 Å². The molecule has 0 amide bonds. The van der Waals surface area contributed by atoms with Gasteiger partial charge in [0.15, 0.2) is 16.8 Å². The van der Waals surface area contributed by atoms with Gasteiger partial charge in [0, 0.05) is 17.5 Å². The van der Waals surface area contributed by atoms with Crippen LogP contribution in [0.5, 0.6) is 0 Å². The van der Waals surface area contributed by atoms with Crippen molar-refractivity contribution in [1.82, 2.24) is 14.8 Å². The number of Topliss-reactive ketones (excluding diaryl/α,β-unsaturated/α-hetero) is 1. The van der Waals surface area contributed by atoms with Crippen LogP contribution in [0.3, 0.4) is 0 Å². The number of ketones is 1. The van der Waals surface area contributed by atoms with Gasteiger partial charge < -0.3 is 4.57 Å². The van der Waals surface area contributed by atoms with E-state index in [4.69, 9.17) is 0 Å². The molecule has 0 bridgehead atoms. The van der Waals surface area contributed by atoms with Crippen LogP contribution in [0.25, 0.3) is 11.4 Å². The monoisotopic (exact) mass is 357 g/mol. The number of thioether (sulfide) groups is 1. The molecular weight excluding hydrogens is 338 g/mol. The molecule has 0 fully saturated rings. The van der Waals surface area contributed by atoms with E-state index >= 15 is 0 Å². The fourth-order valence-electron chi connectivity index (χ4n) is 2.42. The maximum absolute atomic E-state index is 12.3.